The Morgan fingerprint density at radius 3 is 2.22 bits per heavy atom. The fourth-order valence-electron chi connectivity index (χ4n) is 1.73. The van der Waals surface area contributed by atoms with E-state index in [1.54, 1.807) is 18.2 Å². The molecule has 0 atom stereocenters. The maximum absolute atomic E-state index is 7.22. The monoisotopic (exact) mass is 351 g/mol. The molecule has 8 heteroatoms. The van der Waals surface area contributed by atoms with Crippen molar-refractivity contribution in [3.05, 3.63) is 53.0 Å². The maximum atomic E-state index is 7.22. The Morgan fingerprint density at radius 2 is 1.57 bits per heavy atom. The van der Waals surface area contributed by atoms with E-state index in [-0.39, 0.29) is 39.2 Å². The molecule has 0 aliphatic heterocycles. The normalized spacial score (nSPS) is 12.9. The van der Waals surface area contributed by atoms with Crippen LogP contribution in [0.4, 0.5) is 0 Å². The number of aromatic nitrogens is 4. The predicted molar refractivity (Wildman–Crippen MR) is 86.1 cm³/mol. The molecule has 0 unspecified atom stereocenters. The Kier molecular flexibility index (Phi) is 3.54. The molecule has 0 radical (unpaired) electrons. The van der Waals surface area contributed by atoms with Gasteiger partial charge in [-0.3, -0.25) is 0 Å². The Balaban J connectivity index is 1.95. The van der Waals surface area contributed by atoms with Crippen LogP contribution in [-0.2, 0) is 0 Å². The zero-order valence-corrected chi connectivity index (χ0v) is 12.9. The van der Waals surface area contributed by atoms with Gasteiger partial charge < -0.3 is 9.47 Å². The predicted octanol–water partition coefficient (Wildman–Crippen LogP) is 4.04. The SMILES string of the molecule is [2H]C([2H])([2H])Oc1ccccc1Oc1c(Cl)nc(-c2ncccn2)nc1Cl. The molecule has 0 aliphatic rings. The summed E-state index contributed by atoms with van der Waals surface area (Å²) in [6, 6.07) is 7.82. The highest BCUT2D eigenvalue weighted by Gasteiger charge is 2.17. The van der Waals surface area contributed by atoms with E-state index in [1.807, 2.05) is 0 Å². The molecule has 3 aromatic rings. The van der Waals surface area contributed by atoms with Crippen LogP contribution >= 0.6 is 23.2 Å². The second-order valence-electron chi connectivity index (χ2n) is 4.18. The summed E-state index contributed by atoms with van der Waals surface area (Å²) < 4.78 is 32.2. The van der Waals surface area contributed by atoms with Gasteiger partial charge in [0, 0.05) is 12.4 Å². The van der Waals surface area contributed by atoms with Crippen LogP contribution in [0.1, 0.15) is 4.11 Å². The van der Waals surface area contributed by atoms with Crippen molar-refractivity contribution >= 4 is 23.2 Å². The number of benzene rings is 1. The Morgan fingerprint density at radius 1 is 0.913 bits per heavy atom. The molecular weight excluding hydrogens is 339 g/mol. The molecule has 2 aromatic heterocycles. The van der Waals surface area contributed by atoms with Crippen molar-refractivity contribution in [1.29, 1.82) is 0 Å². The van der Waals surface area contributed by atoms with Crippen molar-refractivity contribution in [3.8, 4) is 28.9 Å². The van der Waals surface area contributed by atoms with Gasteiger partial charge >= 0.3 is 0 Å². The summed E-state index contributed by atoms with van der Waals surface area (Å²) in [6.45, 7) is 0. The minimum atomic E-state index is -2.64. The van der Waals surface area contributed by atoms with Crippen LogP contribution in [0.25, 0.3) is 11.6 Å². The third-order valence-electron chi connectivity index (χ3n) is 2.72. The summed E-state index contributed by atoms with van der Waals surface area (Å²) in [6.07, 6.45) is 3.06. The first-order chi connectivity index (χ1) is 12.3. The smallest absolute Gasteiger partial charge is 0.202 e. The van der Waals surface area contributed by atoms with Crippen molar-refractivity contribution in [2.75, 3.05) is 7.04 Å². The lowest BCUT2D eigenvalue weighted by Gasteiger charge is -2.12. The topological polar surface area (TPSA) is 70.0 Å². The Bertz CT molecular complexity index is 903. The molecule has 3 rings (SSSR count). The van der Waals surface area contributed by atoms with Gasteiger partial charge in [-0.2, -0.15) is 0 Å². The van der Waals surface area contributed by atoms with Crippen molar-refractivity contribution in [1.82, 2.24) is 19.9 Å². The lowest BCUT2D eigenvalue weighted by atomic mass is 10.3. The molecular formula is C15H10Cl2N4O2. The van der Waals surface area contributed by atoms with Crippen LogP contribution in [0.5, 0.6) is 17.2 Å². The molecule has 0 fully saturated rings. The van der Waals surface area contributed by atoms with E-state index in [0.717, 1.165) is 0 Å². The standard InChI is InChI=1S/C15H10Cl2N4O2/c1-22-9-5-2-3-6-10(9)23-11-12(16)20-15(21-13(11)17)14-18-7-4-8-19-14/h2-8H,1H3/i1D3. The summed E-state index contributed by atoms with van der Waals surface area (Å²) >= 11 is 12.3. The first-order valence-electron chi connectivity index (χ1n) is 7.80. The Labute approximate surface area is 146 Å². The molecule has 0 saturated carbocycles. The van der Waals surface area contributed by atoms with Gasteiger partial charge in [0.15, 0.2) is 27.6 Å². The van der Waals surface area contributed by atoms with E-state index >= 15 is 0 Å². The summed E-state index contributed by atoms with van der Waals surface area (Å²) in [5.74, 6) is 0.415. The largest absolute Gasteiger partial charge is 0.493 e. The highest BCUT2D eigenvalue weighted by Crippen LogP contribution is 2.38. The molecule has 0 amide bonds. The van der Waals surface area contributed by atoms with Crippen LogP contribution in [-0.4, -0.2) is 27.0 Å². The van der Waals surface area contributed by atoms with E-state index in [0.29, 0.717) is 0 Å². The minimum absolute atomic E-state index is 0.00453. The molecule has 1 aromatic carbocycles. The minimum Gasteiger partial charge on any atom is -0.493 e. The average Bonchev–Trinajstić information content (AvgIpc) is 2.59. The van der Waals surface area contributed by atoms with Gasteiger partial charge in [0.05, 0.1) is 11.2 Å². The number of ether oxygens (including phenoxy) is 2. The summed E-state index contributed by atoms with van der Waals surface area (Å²) in [5.41, 5.74) is 0. The highest BCUT2D eigenvalue weighted by atomic mass is 35.5. The molecule has 2 heterocycles. The fourth-order valence-corrected chi connectivity index (χ4v) is 2.19. The van der Waals surface area contributed by atoms with Crippen molar-refractivity contribution in [2.24, 2.45) is 0 Å². The average molecular weight is 352 g/mol. The second kappa shape index (κ2) is 6.76. The van der Waals surface area contributed by atoms with Crippen LogP contribution in [0.2, 0.25) is 10.3 Å². The lowest BCUT2D eigenvalue weighted by Crippen LogP contribution is -1.99. The quantitative estimate of drug-likeness (QED) is 0.660. The van der Waals surface area contributed by atoms with Crippen LogP contribution < -0.4 is 9.47 Å². The van der Waals surface area contributed by atoms with Gasteiger partial charge in [-0.25, -0.2) is 19.9 Å². The third-order valence-corrected chi connectivity index (χ3v) is 3.23. The second-order valence-corrected chi connectivity index (χ2v) is 4.90. The van der Waals surface area contributed by atoms with Crippen molar-refractivity contribution in [3.63, 3.8) is 0 Å². The van der Waals surface area contributed by atoms with Gasteiger partial charge in [-0.15, -0.1) is 0 Å². The number of methoxy groups -OCH3 is 1. The first kappa shape index (κ1) is 12.0. The zero-order valence-electron chi connectivity index (χ0n) is 14.4. The zero-order chi connectivity index (χ0) is 18.7. The van der Waals surface area contributed by atoms with Gasteiger partial charge in [0.25, 0.3) is 0 Å². The van der Waals surface area contributed by atoms with Crippen LogP contribution in [0, 0.1) is 0 Å². The third kappa shape index (κ3) is 3.33. The van der Waals surface area contributed by atoms with Crippen LogP contribution in [0.15, 0.2) is 42.7 Å². The maximum Gasteiger partial charge on any atom is 0.202 e. The summed E-state index contributed by atoms with van der Waals surface area (Å²) in [4.78, 5) is 16.2. The summed E-state index contributed by atoms with van der Waals surface area (Å²) in [5, 5.41) is -0.174. The fraction of sp³-hybridized carbons (Fsp3) is 0.0667. The molecule has 0 saturated heterocycles. The number of hydrogen-bond donors (Lipinski definition) is 0. The number of halogens is 2. The first-order valence-corrected chi connectivity index (χ1v) is 7.05. The van der Waals surface area contributed by atoms with E-state index in [1.165, 1.54) is 24.5 Å². The van der Waals surface area contributed by atoms with E-state index in [4.69, 9.17) is 36.8 Å². The molecule has 116 valence electrons. The molecule has 6 nitrogen and oxygen atoms in total. The molecule has 23 heavy (non-hydrogen) atoms. The lowest BCUT2D eigenvalue weighted by molar-refractivity contribution is 0.378. The number of rotatable bonds is 4. The van der Waals surface area contributed by atoms with E-state index < -0.39 is 7.04 Å². The van der Waals surface area contributed by atoms with Gasteiger partial charge in [0.2, 0.25) is 11.6 Å². The summed E-state index contributed by atoms with van der Waals surface area (Å²) in [7, 11) is -2.64. The van der Waals surface area contributed by atoms with Gasteiger partial charge in [-0.1, -0.05) is 35.3 Å². The Hall–Kier alpha value is -2.44. The van der Waals surface area contributed by atoms with E-state index in [9.17, 15) is 0 Å². The van der Waals surface area contributed by atoms with E-state index in [2.05, 4.69) is 19.9 Å². The van der Waals surface area contributed by atoms with Gasteiger partial charge in [0.1, 0.15) is 0 Å². The molecule has 0 N–H and O–H groups in total. The number of hydrogen-bond acceptors (Lipinski definition) is 6. The van der Waals surface area contributed by atoms with Crippen molar-refractivity contribution < 1.29 is 13.6 Å². The molecule has 0 spiro atoms. The number of para-hydroxylation sites is 2. The van der Waals surface area contributed by atoms with Crippen LogP contribution in [0.3, 0.4) is 0 Å². The highest BCUT2D eigenvalue weighted by molar-refractivity contribution is 6.35. The van der Waals surface area contributed by atoms with Crippen molar-refractivity contribution in [2.45, 2.75) is 0 Å². The number of nitrogens with zero attached hydrogens (tertiary/aromatic N) is 4. The molecule has 0 bridgehead atoms. The van der Waals surface area contributed by atoms with Gasteiger partial charge in [-0.05, 0) is 18.2 Å². The molecule has 0 aliphatic carbocycles.